The number of nitrogens with zero attached hydrogens (tertiary/aromatic N) is 2. The van der Waals surface area contributed by atoms with E-state index < -0.39 is 11.6 Å². The molecule has 0 atom stereocenters. The zero-order valence-corrected chi connectivity index (χ0v) is 15.5. The van der Waals surface area contributed by atoms with Gasteiger partial charge in [0.15, 0.2) is 11.6 Å². The number of rotatable bonds is 3. The number of fused-ring (bicyclic) bond motifs is 1. The van der Waals surface area contributed by atoms with E-state index in [1.165, 1.54) is 16.5 Å². The monoisotopic (exact) mass is 386 g/mol. The molecular formula is C21H20F2N2O3. The topological polar surface area (TPSA) is 49.9 Å². The number of likely N-dealkylation sites (tertiary alicyclic amines) is 1. The van der Waals surface area contributed by atoms with E-state index >= 15 is 0 Å². The van der Waals surface area contributed by atoms with Crippen LogP contribution >= 0.6 is 0 Å². The van der Waals surface area contributed by atoms with Gasteiger partial charge in [-0.05, 0) is 47.9 Å². The number of ether oxygens (including phenoxy) is 1. The van der Waals surface area contributed by atoms with Crippen molar-refractivity contribution in [3.05, 3.63) is 64.7 Å². The van der Waals surface area contributed by atoms with E-state index in [-0.39, 0.29) is 23.3 Å². The molecule has 146 valence electrons. The van der Waals surface area contributed by atoms with Gasteiger partial charge in [0.05, 0.1) is 13.0 Å². The molecule has 2 aliphatic rings. The quantitative estimate of drug-likeness (QED) is 0.815. The summed E-state index contributed by atoms with van der Waals surface area (Å²) < 4.78 is 31.6. The van der Waals surface area contributed by atoms with Gasteiger partial charge in [-0.2, -0.15) is 0 Å². The van der Waals surface area contributed by atoms with Crippen molar-refractivity contribution in [1.29, 1.82) is 0 Å². The number of carbonyl (C=O) groups excluding carboxylic acids is 2. The van der Waals surface area contributed by atoms with Gasteiger partial charge in [0.1, 0.15) is 5.75 Å². The second-order valence-electron chi connectivity index (χ2n) is 7.18. The highest BCUT2D eigenvalue weighted by molar-refractivity contribution is 5.96. The van der Waals surface area contributed by atoms with Gasteiger partial charge in [0, 0.05) is 31.7 Å². The van der Waals surface area contributed by atoms with Crippen LogP contribution in [0.2, 0.25) is 0 Å². The van der Waals surface area contributed by atoms with Crippen LogP contribution in [0.4, 0.5) is 8.78 Å². The maximum atomic E-state index is 13.3. The Balaban J connectivity index is 1.36. The fraction of sp³-hybridized carbons (Fsp3) is 0.333. The second kappa shape index (κ2) is 7.22. The van der Waals surface area contributed by atoms with E-state index in [9.17, 15) is 18.4 Å². The summed E-state index contributed by atoms with van der Waals surface area (Å²) in [6.45, 7) is 1.77. The van der Waals surface area contributed by atoms with Gasteiger partial charge in [-0.25, -0.2) is 8.78 Å². The lowest BCUT2D eigenvalue weighted by Crippen LogP contribution is -2.56. The lowest BCUT2D eigenvalue weighted by atomic mass is 9.94. The van der Waals surface area contributed by atoms with Crippen molar-refractivity contribution in [2.75, 3.05) is 26.7 Å². The Hall–Kier alpha value is -2.96. The van der Waals surface area contributed by atoms with Gasteiger partial charge in [-0.1, -0.05) is 6.07 Å². The van der Waals surface area contributed by atoms with E-state index in [4.69, 9.17) is 4.74 Å². The summed E-state index contributed by atoms with van der Waals surface area (Å²) in [6.07, 6.45) is 0.766. The third-order valence-corrected chi connectivity index (χ3v) is 5.42. The van der Waals surface area contributed by atoms with Crippen LogP contribution in [0.3, 0.4) is 0 Å². The zero-order chi connectivity index (χ0) is 19.8. The Morgan fingerprint density at radius 3 is 2.50 bits per heavy atom. The summed E-state index contributed by atoms with van der Waals surface area (Å²) in [5.41, 5.74) is 2.38. The van der Waals surface area contributed by atoms with Gasteiger partial charge in [-0.15, -0.1) is 0 Å². The molecule has 0 spiro atoms. The summed E-state index contributed by atoms with van der Waals surface area (Å²) in [7, 11) is 1.63. The van der Waals surface area contributed by atoms with Gasteiger partial charge >= 0.3 is 0 Å². The molecule has 2 aliphatic heterocycles. The number of hydrogen-bond donors (Lipinski definition) is 0. The number of methoxy groups -OCH3 is 1. The third-order valence-electron chi connectivity index (χ3n) is 5.42. The summed E-state index contributed by atoms with van der Waals surface area (Å²) in [5.74, 6) is -1.85. The molecule has 0 aliphatic carbocycles. The minimum Gasteiger partial charge on any atom is -0.497 e. The Labute approximate surface area is 161 Å². The van der Waals surface area contributed by atoms with Crippen LogP contribution in [-0.4, -0.2) is 48.4 Å². The molecule has 2 aromatic carbocycles. The van der Waals surface area contributed by atoms with Crippen LogP contribution in [0.5, 0.6) is 5.75 Å². The number of carbonyl (C=O) groups is 2. The molecule has 7 heteroatoms. The Morgan fingerprint density at radius 2 is 1.79 bits per heavy atom. The predicted molar refractivity (Wildman–Crippen MR) is 97.9 cm³/mol. The smallest absolute Gasteiger partial charge is 0.254 e. The van der Waals surface area contributed by atoms with E-state index in [0.29, 0.717) is 26.2 Å². The van der Waals surface area contributed by atoms with Crippen molar-refractivity contribution in [3.8, 4) is 5.75 Å². The third kappa shape index (κ3) is 3.32. The Morgan fingerprint density at radius 1 is 1.00 bits per heavy atom. The molecule has 28 heavy (non-hydrogen) atoms. The van der Waals surface area contributed by atoms with Crippen LogP contribution in [-0.2, 0) is 17.8 Å². The summed E-state index contributed by atoms with van der Waals surface area (Å²) in [5, 5.41) is 0. The molecular weight excluding hydrogens is 366 g/mol. The van der Waals surface area contributed by atoms with Crippen molar-refractivity contribution in [2.45, 2.75) is 13.0 Å². The number of hydrogen-bond acceptors (Lipinski definition) is 3. The molecule has 0 unspecified atom stereocenters. The van der Waals surface area contributed by atoms with Crippen LogP contribution in [0.1, 0.15) is 21.5 Å². The highest BCUT2D eigenvalue weighted by atomic mass is 19.2. The molecule has 0 N–H and O–H groups in total. The molecule has 2 amide bonds. The van der Waals surface area contributed by atoms with E-state index in [0.717, 1.165) is 29.9 Å². The molecule has 0 bridgehead atoms. The molecule has 2 aromatic rings. The number of halogens is 2. The normalized spacial score (nSPS) is 16.4. The van der Waals surface area contributed by atoms with Gasteiger partial charge in [-0.3, -0.25) is 9.59 Å². The van der Waals surface area contributed by atoms with Crippen molar-refractivity contribution < 1.29 is 23.1 Å². The average molecular weight is 386 g/mol. The molecule has 0 aromatic heterocycles. The summed E-state index contributed by atoms with van der Waals surface area (Å²) in [6, 6.07) is 8.95. The van der Waals surface area contributed by atoms with Crippen molar-refractivity contribution in [2.24, 2.45) is 5.92 Å². The first kappa shape index (κ1) is 18.4. The maximum absolute atomic E-state index is 13.3. The molecule has 1 saturated heterocycles. The molecule has 2 heterocycles. The van der Waals surface area contributed by atoms with Gasteiger partial charge in [0.2, 0.25) is 5.91 Å². The van der Waals surface area contributed by atoms with Crippen molar-refractivity contribution in [1.82, 2.24) is 9.80 Å². The summed E-state index contributed by atoms with van der Waals surface area (Å²) >= 11 is 0. The van der Waals surface area contributed by atoms with Crippen LogP contribution in [0.15, 0.2) is 36.4 Å². The molecule has 4 rings (SSSR count). The molecule has 0 radical (unpaired) electrons. The minimum absolute atomic E-state index is 0.0239. The molecule has 5 nitrogen and oxygen atoms in total. The van der Waals surface area contributed by atoms with Crippen LogP contribution in [0.25, 0.3) is 0 Å². The molecule has 1 fully saturated rings. The first-order chi connectivity index (χ1) is 13.5. The Kier molecular flexibility index (Phi) is 4.75. The lowest BCUT2D eigenvalue weighted by molar-refractivity contribution is -0.140. The standard InChI is InChI=1S/C21H20F2N2O3/c1-28-17-4-2-15-10-24(7-6-13(15)8-17)21(27)16-11-25(12-16)20(26)14-3-5-18(22)19(23)9-14/h2-5,8-9,16H,6-7,10-12H2,1H3. The number of benzene rings is 2. The average Bonchev–Trinajstić information content (AvgIpc) is 2.67. The van der Waals surface area contributed by atoms with E-state index in [1.54, 1.807) is 7.11 Å². The molecule has 0 saturated carbocycles. The first-order valence-corrected chi connectivity index (χ1v) is 9.15. The van der Waals surface area contributed by atoms with E-state index in [1.807, 2.05) is 23.1 Å². The second-order valence-corrected chi connectivity index (χ2v) is 7.18. The fourth-order valence-corrected chi connectivity index (χ4v) is 3.71. The largest absolute Gasteiger partial charge is 0.497 e. The predicted octanol–water partition coefficient (Wildman–Crippen LogP) is 2.63. The van der Waals surface area contributed by atoms with Gasteiger partial charge in [0.25, 0.3) is 5.91 Å². The highest BCUT2D eigenvalue weighted by Gasteiger charge is 2.39. The maximum Gasteiger partial charge on any atom is 0.254 e. The fourth-order valence-electron chi connectivity index (χ4n) is 3.71. The SMILES string of the molecule is COc1ccc2c(c1)CCN(C(=O)C1CN(C(=O)c3ccc(F)c(F)c3)C1)C2. The summed E-state index contributed by atoms with van der Waals surface area (Å²) in [4.78, 5) is 28.4. The zero-order valence-electron chi connectivity index (χ0n) is 15.5. The highest BCUT2D eigenvalue weighted by Crippen LogP contribution is 2.27. The van der Waals surface area contributed by atoms with Crippen LogP contribution in [0, 0.1) is 17.6 Å². The Bertz CT molecular complexity index is 941. The lowest BCUT2D eigenvalue weighted by Gasteiger charge is -2.41. The van der Waals surface area contributed by atoms with Gasteiger partial charge < -0.3 is 14.5 Å². The van der Waals surface area contributed by atoms with Crippen LogP contribution < -0.4 is 4.74 Å². The van der Waals surface area contributed by atoms with Crippen molar-refractivity contribution >= 4 is 11.8 Å². The van der Waals surface area contributed by atoms with E-state index in [2.05, 4.69) is 0 Å². The number of amides is 2. The first-order valence-electron chi connectivity index (χ1n) is 9.15. The minimum atomic E-state index is -1.05. The van der Waals surface area contributed by atoms with Crippen molar-refractivity contribution in [3.63, 3.8) is 0 Å².